The van der Waals surface area contributed by atoms with Crippen LogP contribution in [0.1, 0.15) is 50.1 Å². The summed E-state index contributed by atoms with van der Waals surface area (Å²) in [4.78, 5) is 20.3. The molecule has 1 aromatic rings. The Morgan fingerprint density at radius 2 is 1.90 bits per heavy atom. The van der Waals surface area contributed by atoms with Crippen LogP contribution < -0.4 is 4.90 Å². The highest BCUT2D eigenvalue weighted by Gasteiger charge is 2.27. The number of carbonyl (C=O) groups is 1. The van der Waals surface area contributed by atoms with Gasteiger partial charge in [-0.3, -0.25) is 4.79 Å². The molecular formula is C16H23N3O. The van der Waals surface area contributed by atoms with Crippen molar-refractivity contribution in [3.05, 3.63) is 23.9 Å². The number of aromatic nitrogens is 1. The standard InChI is InChI=1S/C16H23N3O/c20-13-19-12-5-2-8-15(19)14-7-6-9-17-16(14)18-10-3-1-4-11-18/h6-7,9,13,15H,1-5,8,10-12H2/t15-/m1/s1. The van der Waals surface area contributed by atoms with Crippen LogP contribution in [0, 0.1) is 0 Å². The van der Waals surface area contributed by atoms with Crippen LogP contribution in [-0.2, 0) is 4.79 Å². The molecule has 3 heterocycles. The highest BCUT2D eigenvalue weighted by Crippen LogP contribution is 2.35. The van der Waals surface area contributed by atoms with E-state index < -0.39 is 0 Å². The van der Waals surface area contributed by atoms with Gasteiger partial charge in [0, 0.05) is 31.4 Å². The molecule has 4 heteroatoms. The van der Waals surface area contributed by atoms with Crippen molar-refractivity contribution in [3.8, 4) is 0 Å². The third-order valence-corrected chi connectivity index (χ3v) is 4.51. The normalized spacial score (nSPS) is 23.7. The first-order chi connectivity index (χ1) is 9.90. The number of nitrogens with zero attached hydrogens (tertiary/aromatic N) is 3. The van der Waals surface area contributed by atoms with E-state index >= 15 is 0 Å². The third-order valence-electron chi connectivity index (χ3n) is 4.51. The average molecular weight is 273 g/mol. The van der Waals surface area contributed by atoms with Crippen LogP contribution in [0.25, 0.3) is 0 Å². The Hall–Kier alpha value is -1.58. The largest absolute Gasteiger partial charge is 0.356 e. The summed E-state index contributed by atoms with van der Waals surface area (Å²) in [5, 5.41) is 0. The Morgan fingerprint density at radius 1 is 1.10 bits per heavy atom. The molecule has 0 bridgehead atoms. The summed E-state index contributed by atoms with van der Waals surface area (Å²) < 4.78 is 0. The van der Waals surface area contributed by atoms with Gasteiger partial charge in [-0.25, -0.2) is 4.98 Å². The van der Waals surface area contributed by atoms with Crippen LogP contribution in [0.2, 0.25) is 0 Å². The molecule has 0 spiro atoms. The molecule has 2 saturated heterocycles. The number of pyridine rings is 1. The van der Waals surface area contributed by atoms with Gasteiger partial charge in [-0.05, 0) is 44.6 Å². The number of rotatable bonds is 3. The highest BCUT2D eigenvalue weighted by molar-refractivity contribution is 5.54. The van der Waals surface area contributed by atoms with E-state index in [9.17, 15) is 4.79 Å². The molecule has 0 radical (unpaired) electrons. The minimum Gasteiger partial charge on any atom is -0.356 e. The Balaban J connectivity index is 1.89. The minimum absolute atomic E-state index is 0.215. The van der Waals surface area contributed by atoms with Gasteiger partial charge in [-0.15, -0.1) is 0 Å². The van der Waals surface area contributed by atoms with Gasteiger partial charge >= 0.3 is 0 Å². The maximum atomic E-state index is 11.3. The van der Waals surface area contributed by atoms with Gasteiger partial charge in [-0.1, -0.05) is 6.07 Å². The van der Waals surface area contributed by atoms with Crippen molar-refractivity contribution in [2.45, 2.75) is 44.6 Å². The molecule has 0 saturated carbocycles. The summed E-state index contributed by atoms with van der Waals surface area (Å²) in [6.07, 6.45) is 10.1. The fraction of sp³-hybridized carbons (Fsp3) is 0.625. The Morgan fingerprint density at radius 3 is 2.70 bits per heavy atom. The minimum atomic E-state index is 0.215. The lowest BCUT2D eigenvalue weighted by atomic mass is 9.95. The fourth-order valence-electron chi connectivity index (χ4n) is 3.45. The van der Waals surface area contributed by atoms with Gasteiger partial charge in [0.05, 0.1) is 6.04 Å². The predicted octanol–water partition coefficient (Wildman–Crippen LogP) is 2.76. The first kappa shape index (κ1) is 13.4. The molecule has 0 aliphatic carbocycles. The Kier molecular flexibility index (Phi) is 4.19. The van der Waals surface area contributed by atoms with E-state index in [1.165, 1.54) is 31.2 Å². The van der Waals surface area contributed by atoms with Gasteiger partial charge in [0.15, 0.2) is 0 Å². The molecule has 1 amide bonds. The summed E-state index contributed by atoms with van der Waals surface area (Å²) in [7, 11) is 0. The molecule has 1 atom stereocenters. The van der Waals surface area contributed by atoms with Crippen LogP contribution in [-0.4, -0.2) is 35.9 Å². The number of hydrogen-bond donors (Lipinski definition) is 0. The zero-order valence-corrected chi connectivity index (χ0v) is 12.0. The van der Waals surface area contributed by atoms with Crippen molar-refractivity contribution in [3.63, 3.8) is 0 Å². The summed E-state index contributed by atoms with van der Waals surface area (Å²) in [5.74, 6) is 1.10. The number of likely N-dealkylation sites (tertiary alicyclic amines) is 1. The molecular weight excluding hydrogens is 250 g/mol. The van der Waals surface area contributed by atoms with Gasteiger partial charge in [-0.2, -0.15) is 0 Å². The molecule has 3 rings (SSSR count). The van der Waals surface area contributed by atoms with E-state index in [1.54, 1.807) is 0 Å². The number of amides is 1. The molecule has 1 aromatic heterocycles. The topological polar surface area (TPSA) is 36.4 Å². The molecule has 2 fully saturated rings. The monoisotopic (exact) mass is 273 g/mol. The molecule has 108 valence electrons. The van der Waals surface area contributed by atoms with Gasteiger partial charge in [0.2, 0.25) is 6.41 Å². The quantitative estimate of drug-likeness (QED) is 0.795. The Labute approximate surface area is 120 Å². The third kappa shape index (κ3) is 2.65. The van der Waals surface area contributed by atoms with Gasteiger partial charge < -0.3 is 9.80 Å². The van der Waals surface area contributed by atoms with Crippen LogP contribution in [0.5, 0.6) is 0 Å². The first-order valence-corrected chi connectivity index (χ1v) is 7.81. The lowest BCUT2D eigenvalue weighted by Gasteiger charge is -2.36. The second-order valence-electron chi connectivity index (χ2n) is 5.82. The first-order valence-electron chi connectivity index (χ1n) is 7.81. The van der Waals surface area contributed by atoms with Gasteiger partial charge in [0.25, 0.3) is 0 Å². The molecule has 0 N–H and O–H groups in total. The van der Waals surface area contributed by atoms with Crippen LogP contribution in [0.4, 0.5) is 5.82 Å². The highest BCUT2D eigenvalue weighted by atomic mass is 16.1. The van der Waals surface area contributed by atoms with Crippen LogP contribution in [0.15, 0.2) is 18.3 Å². The fourth-order valence-corrected chi connectivity index (χ4v) is 3.45. The SMILES string of the molecule is O=CN1CCCC[C@@H]1c1cccnc1N1CCCCC1. The average Bonchev–Trinajstić information content (AvgIpc) is 2.55. The summed E-state index contributed by atoms with van der Waals surface area (Å²) in [6.45, 7) is 3.07. The zero-order valence-electron chi connectivity index (χ0n) is 12.0. The van der Waals surface area contributed by atoms with Crippen molar-refractivity contribution >= 4 is 12.2 Å². The molecule has 4 nitrogen and oxygen atoms in total. The lowest BCUT2D eigenvalue weighted by Crippen LogP contribution is -2.35. The number of piperidine rings is 2. The molecule has 20 heavy (non-hydrogen) atoms. The molecule has 0 unspecified atom stereocenters. The molecule has 2 aliphatic heterocycles. The van der Waals surface area contributed by atoms with Crippen molar-refractivity contribution in [1.82, 2.24) is 9.88 Å². The van der Waals surface area contributed by atoms with Crippen molar-refractivity contribution < 1.29 is 4.79 Å². The van der Waals surface area contributed by atoms with Crippen molar-refractivity contribution in [1.29, 1.82) is 0 Å². The second kappa shape index (κ2) is 6.25. The van der Waals surface area contributed by atoms with Crippen LogP contribution in [0.3, 0.4) is 0 Å². The smallest absolute Gasteiger partial charge is 0.210 e. The van der Waals surface area contributed by atoms with E-state index in [0.717, 1.165) is 44.7 Å². The van der Waals surface area contributed by atoms with Crippen molar-refractivity contribution in [2.24, 2.45) is 0 Å². The number of carbonyl (C=O) groups excluding carboxylic acids is 1. The van der Waals surface area contributed by atoms with E-state index in [4.69, 9.17) is 0 Å². The van der Waals surface area contributed by atoms with E-state index in [0.29, 0.717) is 0 Å². The summed E-state index contributed by atoms with van der Waals surface area (Å²) >= 11 is 0. The molecule has 0 aromatic carbocycles. The molecule has 2 aliphatic rings. The van der Waals surface area contributed by atoms with Gasteiger partial charge in [0.1, 0.15) is 5.82 Å². The maximum absolute atomic E-state index is 11.3. The van der Waals surface area contributed by atoms with E-state index in [1.807, 2.05) is 17.2 Å². The summed E-state index contributed by atoms with van der Waals surface area (Å²) in [6, 6.07) is 4.37. The summed E-state index contributed by atoms with van der Waals surface area (Å²) in [5.41, 5.74) is 1.24. The van der Waals surface area contributed by atoms with Crippen molar-refractivity contribution in [2.75, 3.05) is 24.5 Å². The predicted molar refractivity (Wildman–Crippen MR) is 79.7 cm³/mol. The lowest BCUT2D eigenvalue weighted by molar-refractivity contribution is -0.121. The number of anilines is 1. The van der Waals surface area contributed by atoms with E-state index in [2.05, 4.69) is 16.0 Å². The Bertz CT molecular complexity index is 457. The van der Waals surface area contributed by atoms with E-state index in [-0.39, 0.29) is 6.04 Å². The number of hydrogen-bond acceptors (Lipinski definition) is 3. The zero-order chi connectivity index (χ0) is 13.8. The second-order valence-corrected chi connectivity index (χ2v) is 5.82. The van der Waals surface area contributed by atoms with Crippen LogP contribution >= 0.6 is 0 Å². The maximum Gasteiger partial charge on any atom is 0.210 e.